The number of pyridine rings is 1. The number of amides is 2. The van der Waals surface area contributed by atoms with Crippen molar-refractivity contribution < 1.29 is 28.2 Å². The van der Waals surface area contributed by atoms with Crippen LogP contribution in [0, 0.1) is 5.82 Å². The normalized spacial score (nSPS) is 24.6. The SMILES string of the molecule is CC1CN(C(=O)CN2C[C@@H](C)N(C(=O)OC(C)(C)C)C[C@@H]2CN2CCOC[C@H]2C)c2cc(Cc3ccc(F)cc3)c(Br)nc2O1. The summed E-state index contributed by atoms with van der Waals surface area (Å²) in [5, 5.41) is 0. The summed E-state index contributed by atoms with van der Waals surface area (Å²) < 4.78 is 31.6. The van der Waals surface area contributed by atoms with Crippen molar-refractivity contribution in [2.45, 2.75) is 77.8 Å². The molecule has 0 radical (unpaired) electrons. The Morgan fingerprint density at radius 2 is 1.80 bits per heavy atom. The molecule has 10 nitrogen and oxygen atoms in total. The average Bonchev–Trinajstić information content (AvgIpc) is 2.95. The Kier molecular flexibility index (Phi) is 10.4. The third-order valence-electron chi connectivity index (χ3n) is 8.52. The van der Waals surface area contributed by atoms with Gasteiger partial charge >= 0.3 is 6.09 Å². The fourth-order valence-electron chi connectivity index (χ4n) is 6.16. The van der Waals surface area contributed by atoms with E-state index in [9.17, 15) is 14.0 Å². The first-order valence-electron chi connectivity index (χ1n) is 15.7. The molecular weight excluding hydrogens is 645 g/mol. The van der Waals surface area contributed by atoms with E-state index in [1.165, 1.54) is 12.1 Å². The molecule has 1 aromatic carbocycles. The van der Waals surface area contributed by atoms with Crippen LogP contribution in [0.4, 0.5) is 14.9 Å². The molecule has 4 atom stereocenters. The monoisotopic (exact) mass is 689 g/mol. The van der Waals surface area contributed by atoms with Crippen molar-refractivity contribution in [3.05, 3.63) is 51.9 Å². The van der Waals surface area contributed by atoms with Crippen LogP contribution in [0.5, 0.6) is 5.88 Å². The van der Waals surface area contributed by atoms with Gasteiger partial charge in [0.05, 0.1) is 26.3 Å². The Morgan fingerprint density at radius 3 is 2.49 bits per heavy atom. The summed E-state index contributed by atoms with van der Waals surface area (Å²) >= 11 is 3.57. The third-order valence-corrected chi connectivity index (χ3v) is 9.21. The van der Waals surface area contributed by atoms with E-state index >= 15 is 0 Å². The molecule has 12 heteroatoms. The zero-order valence-corrected chi connectivity index (χ0v) is 28.7. The summed E-state index contributed by atoms with van der Waals surface area (Å²) in [5.74, 6) is 0.0583. The molecule has 2 fully saturated rings. The van der Waals surface area contributed by atoms with Gasteiger partial charge in [0.25, 0.3) is 0 Å². The molecule has 1 aromatic heterocycles. The highest BCUT2D eigenvalue weighted by Gasteiger charge is 2.40. The molecule has 0 aliphatic carbocycles. The Labute approximate surface area is 273 Å². The minimum atomic E-state index is -0.600. The van der Waals surface area contributed by atoms with Crippen LogP contribution in [0.3, 0.4) is 0 Å². The van der Waals surface area contributed by atoms with Gasteiger partial charge in [0, 0.05) is 50.7 Å². The fourth-order valence-corrected chi connectivity index (χ4v) is 6.58. The topological polar surface area (TPSA) is 87.7 Å². The van der Waals surface area contributed by atoms with Crippen molar-refractivity contribution in [3.63, 3.8) is 0 Å². The Morgan fingerprint density at radius 1 is 1.07 bits per heavy atom. The van der Waals surface area contributed by atoms with E-state index in [2.05, 4.69) is 37.6 Å². The highest BCUT2D eigenvalue weighted by Crippen LogP contribution is 2.36. The van der Waals surface area contributed by atoms with Crippen LogP contribution in [0.2, 0.25) is 0 Å². The van der Waals surface area contributed by atoms with Crippen LogP contribution < -0.4 is 9.64 Å². The van der Waals surface area contributed by atoms with Crippen LogP contribution in [-0.2, 0) is 20.7 Å². The molecule has 2 amide bonds. The maximum atomic E-state index is 14.2. The van der Waals surface area contributed by atoms with E-state index in [4.69, 9.17) is 14.2 Å². The van der Waals surface area contributed by atoms with Gasteiger partial charge in [-0.05, 0) is 86.8 Å². The second-order valence-corrected chi connectivity index (χ2v) is 14.2. The van der Waals surface area contributed by atoms with Crippen LogP contribution in [-0.4, -0.2) is 114 Å². The molecule has 2 aromatic rings. The standard InChI is InChI=1S/C33H45BrFN5O5/c1-21-15-38(27(17-37-11-12-43-20-22(37)2)18-39(21)32(42)45-33(4,5)6)19-29(41)40-16-23(3)44-31-28(40)14-25(30(34)36-31)13-24-7-9-26(35)10-8-24/h7-10,14,21-23,27H,11-13,15-20H2,1-6H3/t21-,22-,23?,27+/m1/s1. The number of halogens is 2. The molecule has 2 saturated heterocycles. The number of hydrogen-bond acceptors (Lipinski definition) is 8. The number of piperazine rings is 1. The number of anilines is 1. The molecule has 5 rings (SSSR count). The second-order valence-electron chi connectivity index (χ2n) is 13.5. The molecule has 45 heavy (non-hydrogen) atoms. The molecule has 0 bridgehead atoms. The zero-order valence-electron chi connectivity index (χ0n) is 27.1. The second kappa shape index (κ2) is 13.9. The summed E-state index contributed by atoms with van der Waals surface area (Å²) in [5.41, 5.74) is 1.82. The molecule has 3 aliphatic heterocycles. The smallest absolute Gasteiger partial charge is 0.410 e. The minimum Gasteiger partial charge on any atom is -0.471 e. The summed E-state index contributed by atoms with van der Waals surface area (Å²) in [4.78, 5) is 40.2. The van der Waals surface area contributed by atoms with E-state index in [1.807, 2.05) is 40.7 Å². The van der Waals surface area contributed by atoms with Gasteiger partial charge in [-0.2, -0.15) is 0 Å². The van der Waals surface area contributed by atoms with E-state index in [1.54, 1.807) is 21.9 Å². The van der Waals surface area contributed by atoms with Gasteiger partial charge in [0.15, 0.2) is 0 Å². The van der Waals surface area contributed by atoms with Gasteiger partial charge < -0.3 is 24.0 Å². The lowest BCUT2D eigenvalue weighted by atomic mass is 10.0. The average molecular weight is 691 g/mol. The first kappa shape index (κ1) is 33.6. The van der Waals surface area contributed by atoms with Crippen molar-refractivity contribution in [1.82, 2.24) is 19.7 Å². The van der Waals surface area contributed by atoms with Crippen molar-refractivity contribution in [2.75, 3.05) is 57.4 Å². The number of rotatable bonds is 6. The molecule has 1 unspecified atom stereocenters. The number of aromatic nitrogens is 1. The van der Waals surface area contributed by atoms with Gasteiger partial charge in [0.1, 0.15) is 27.8 Å². The highest BCUT2D eigenvalue weighted by atomic mass is 79.9. The molecule has 4 heterocycles. The van der Waals surface area contributed by atoms with Crippen LogP contribution in [0.15, 0.2) is 34.9 Å². The van der Waals surface area contributed by atoms with Crippen molar-refractivity contribution in [1.29, 1.82) is 0 Å². The van der Waals surface area contributed by atoms with Gasteiger partial charge in [-0.25, -0.2) is 14.2 Å². The van der Waals surface area contributed by atoms with E-state index < -0.39 is 5.60 Å². The largest absolute Gasteiger partial charge is 0.471 e. The van der Waals surface area contributed by atoms with Crippen molar-refractivity contribution >= 4 is 33.6 Å². The Hall–Kier alpha value is -2.80. The highest BCUT2D eigenvalue weighted by molar-refractivity contribution is 9.10. The number of carbonyl (C=O) groups is 2. The van der Waals surface area contributed by atoms with E-state index in [-0.39, 0.29) is 48.6 Å². The predicted octanol–water partition coefficient (Wildman–Crippen LogP) is 4.72. The zero-order chi connectivity index (χ0) is 32.5. The Balaban J connectivity index is 1.38. The lowest BCUT2D eigenvalue weighted by Crippen LogP contribution is -2.64. The number of carbonyl (C=O) groups excluding carboxylic acids is 2. The molecule has 0 N–H and O–H groups in total. The van der Waals surface area contributed by atoms with Crippen LogP contribution >= 0.6 is 15.9 Å². The fraction of sp³-hybridized carbons (Fsp3) is 0.606. The quantitative estimate of drug-likeness (QED) is 0.403. The third kappa shape index (κ3) is 8.33. The van der Waals surface area contributed by atoms with E-state index in [0.29, 0.717) is 62.0 Å². The Bertz CT molecular complexity index is 1370. The van der Waals surface area contributed by atoms with E-state index in [0.717, 1.165) is 17.7 Å². The maximum absolute atomic E-state index is 14.2. The van der Waals surface area contributed by atoms with Crippen molar-refractivity contribution in [2.24, 2.45) is 0 Å². The molecule has 0 saturated carbocycles. The summed E-state index contributed by atoms with van der Waals surface area (Å²) in [6.07, 6.45) is -0.0538. The first-order valence-corrected chi connectivity index (χ1v) is 16.5. The predicted molar refractivity (Wildman–Crippen MR) is 173 cm³/mol. The number of nitrogens with zero attached hydrogens (tertiary/aromatic N) is 5. The van der Waals surface area contributed by atoms with Crippen LogP contribution in [0.25, 0.3) is 0 Å². The van der Waals surface area contributed by atoms with Crippen molar-refractivity contribution in [3.8, 4) is 5.88 Å². The number of benzene rings is 1. The molecule has 0 spiro atoms. The van der Waals surface area contributed by atoms with Gasteiger partial charge in [-0.15, -0.1) is 0 Å². The molecule has 246 valence electrons. The first-order chi connectivity index (χ1) is 21.3. The van der Waals surface area contributed by atoms with Gasteiger partial charge in [-0.1, -0.05) is 12.1 Å². The number of fused-ring (bicyclic) bond motifs is 1. The molecule has 3 aliphatic rings. The summed E-state index contributed by atoms with van der Waals surface area (Å²) in [6.45, 7) is 16.1. The number of hydrogen-bond donors (Lipinski definition) is 0. The number of ether oxygens (including phenoxy) is 3. The van der Waals surface area contributed by atoms with Crippen LogP contribution in [0.1, 0.15) is 52.7 Å². The minimum absolute atomic E-state index is 0.0544. The number of morpholine rings is 1. The van der Waals surface area contributed by atoms with Gasteiger partial charge in [0.2, 0.25) is 11.8 Å². The maximum Gasteiger partial charge on any atom is 0.410 e. The lowest BCUT2D eigenvalue weighted by Gasteiger charge is -2.48. The summed E-state index contributed by atoms with van der Waals surface area (Å²) in [6, 6.07) is 8.33. The lowest BCUT2D eigenvalue weighted by molar-refractivity contribution is -0.122. The summed E-state index contributed by atoms with van der Waals surface area (Å²) in [7, 11) is 0. The molecular formula is C33H45BrFN5O5. The van der Waals surface area contributed by atoms with Gasteiger partial charge in [-0.3, -0.25) is 14.6 Å².